The Balaban J connectivity index is 1.48. The van der Waals surface area contributed by atoms with Gasteiger partial charge >= 0.3 is 0 Å². The Morgan fingerprint density at radius 3 is 2.83 bits per heavy atom. The Bertz CT molecular complexity index is 760. The predicted molar refractivity (Wildman–Crippen MR) is 125 cm³/mol. The molecule has 30 heavy (non-hydrogen) atoms. The summed E-state index contributed by atoms with van der Waals surface area (Å²) < 4.78 is 11.3. The van der Waals surface area contributed by atoms with E-state index in [0.717, 1.165) is 70.6 Å². The van der Waals surface area contributed by atoms with Crippen LogP contribution in [0.1, 0.15) is 29.8 Å². The number of hydrogen-bond acceptors (Lipinski definition) is 5. The minimum absolute atomic E-state index is 0.333. The van der Waals surface area contributed by atoms with Gasteiger partial charge in [0, 0.05) is 38.1 Å². The summed E-state index contributed by atoms with van der Waals surface area (Å²) in [5.74, 6) is 1.78. The van der Waals surface area contributed by atoms with Crippen molar-refractivity contribution in [3.63, 3.8) is 0 Å². The number of rotatable bonds is 10. The molecule has 3 rings (SSSR count). The first-order valence-corrected chi connectivity index (χ1v) is 11.7. The van der Waals surface area contributed by atoms with E-state index in [1.165, 1.54) is 10.4 Å². The first kappa shape index (κ1) is 22.6. The van der Waals surface area contributed by atoms with E-state index < -0.39 is 0 Å². The number of ether oxygens (including phenoxy) is 2. The molecular weight excluding hydrogens is 396 g/mol. The van der Waals surface area contributed by atoms with Gasteiger partial charge in [0.15, 0.2) is 5.96 Å². The second-order valence-corrected chi connectivity index (χ2v) is 8.28. The van der Waals surface area contributed by atoms with Crippen molar-refractivity contribution in [3.8, 4) is 5.75 Å². The molecule has 0 saturated carbocycles. The maximum absolute atomic E-state index is 5.73. The van der Waals surface area contributed by atoms with E-state index in [-0.39, 0.29) is 0 Å². The molecule has 0 radical (unpaired) electrons. The van der Waals surface area contributed by atoms with E-state index in [1.54, 1.807) is 0 Å². The Labute approximate surface area is 184 Å². The lowest BCUT2D eigenvalue weighted by Gasteiger charge is -2.34. The van der Waals surface area contributed by atoms with Crippen LogP contribution in [0.2, 0.25) is 0 Å². The number of morpholine rings is 1. The molecule has 164 valence electrons. The maximum atomic E-state index is 5.73. The number of nitrogens with one attached hydrogen (secondary N) is 2. The maximum Gasteiger partial charge on any atom is 0.191 e. The Hall–Kier alpha value is -2.09. The summed E-state index contributed by atoms with van der Waals surface area (Å²) in [6, 6.07) is 13.0. The lowest BCUT2D eigenvalue weighted by molar-refractivity contribution is 0.0177. The number of aliphatic imine (C=N–C) groups is 1. The fourth-order valence-corrected chi connectivity index (χ4v) is 4.39. The molecule has 2 heterocycles. The molecule has 1 aliphatic heterocycles. The van der Waals surface area contributed by atoms with Gasteiger partial charge in [0.05, 0.1) is 25.9 Å². The van der Waals surface area contributed by atoms with Gasteiger partial charge in [0.1, 0.15) is 5.75 Å². The molecule has 1 aromatic carbocycles. The van der Waals surface area contributed by atoms with Crippen LogP contribution in [0.15, 0.2) is 46.8 Å². The predicted octanol–water partition coefficient (Wildman–Crippen LogP) is 3.32. The number of nitrogens with zero attached hydrogens (tertiary/aromatic N) is 2. The molecule has 0 aliphatic carbocycles. The summed E-state index contributed by atoms with van der Waals surface area (Å²) in [4.78, 5) is 8.28. The van der Waals surface area contributed by atoms with Crippen LogP contribution >= 0.6 is 11.3 Å². The highest BCUT2D eigenvalue weighted by Crippen LogP contribution is 2.25. The van der Waals surface area contributed by atoms with Gasteiger partial charge in [-0.25, -0.2) is 0 Å². The van der Waals surface area contributed by atoms with E-state index in [2.05, 4.69) is 63.2 Å². The lowest BCUT2D eigenvalue weighted by Crippen LogP contribution is -2.46. The topological polar surface area (TPSA) is 58.1 Å². The minimum atomic E-state index is 0.333. The summed E-state index contributed by atoms with van der Waals surface area (Å²) in [6.07, 6.45) is 1.94. The molecule has 1 fully saturated rings. The molecule has 1 aromatic heterocycles. The standard InChI is InChI=1S/C23H34N4O2S/c1-3-13-29-20-7-4-6-19(17-20)9-10-25-23(24-2)26-18-21(22-8-5-16-30-22)27-11-14-28-15-12-27/h4-8,16-17,21H,3,9-15,18H2,1-2H3,(H2,24,25,26). The van der Waals surface area contributed by atoms with Crippen LogP contribution < -0.4 is 15.4 Å². The van der Waals surface area contributed by atoms with E-state index in [0.29, 0.717) is 6.04 Å². The molecule has 1 unspecified atom stereocenters. The van der Waals surface area contributed by atoms with Crippen molar-refractivity contribution in [1.82, 2.24) is 15.5 Å². The van der Waals surface area contributed by atoms with Gasteiger partial charge < -0.3 is 20.1 Å². The zero-order valence-corrected chi connectivity index (χ0v) is 18.9. The monoisotopic (exact) mass is 430 g/mol. The summed E-state index contributed by atoms with van der Waals surface area (Å²) in [5, 5.41) is 9.11. The van der Waals surface area contributed by atoms with Crippen LogP contribution in [0.5, 0.6) is 5.75 Å². The van der Waals surface area contributed by atoms with Crippen LogP contribution in [-0.4, -0.2) is 63.9 Å². The van der Waals surface area contributed by atoms with Crippen LogP contribution in [0.3, 0.4) is 0 Å². The summed E-state index contributed by atoms with van der Waals surface area (Å²) in [7, 11) is 1.82. The number of benzene rings is 1. The Kier molecular flexibility index (Phi) is 9.47. The van der Waals surface area contributed by atoms with Crippen molar-refractivity contribution in [2.24, 2.45) is 4.99 Å². The van der Waals surface area contributed by atoms with Gasteiger partial charge in [0.25, 0.3) is 0 Å². The van der Waals surface area contributed by atoms with Crippen LogP contribution in [-0.2, 0) is 11.2 Å². The highest BCUT2D eigenvalue weighted by molar-refractivity contribution is 7.10. The first-order valence-electron chi connectivity index (χ1n) is 10.8. The van der Waals surface area contributed by atoms with E-state index in [1.807, 2.05) is 24.5 Å². The molecule has 2 aromatic rings. The van der Waals surface area contributed by atoms with Crippen LogP contribution in [0.25, 0.3) is 0 Å². The molecule has 1 aliphatic rings. The van der Waals surface area contributed by atoms with E-state index in [9.17, 15) is 0 Å². The normalized spacial score (nSPS) is 16.3. The number of thiophene rings is 1. The zero-order valence-electron chi connectivity index (χ0n) is 18.1. The molecule has 2 N–H and O–H groups in total. The molecular formula is C23H34N4O2S. The third-order valence-corrected chi connectivity index (χ3v) is 6.10. The fourth-order valence-electron chi connectivity index (χ4n) is 3.53. The van der Waals surface area contributed by atoms with Gasteiger partial charge in [-0.15, -0.1) is 11.3 Å². The number of guanidine groups is 1. The molecule has 6 nitrogen and oxygen atoms in total. The summed E-state index contributed by atoms with van der Waals surface area (Å²) in [6.45, 7) is 8.05. The second-order valence-electron chi connectivity index (χ2n) is 7.31. The molecule has 7 heteroatoms. The molecule has 1 saturated heterocycles. The van der Waals surface area contributed by atoms with Gasteiger partial charge in [-0.05, 0) is 42.0 Å². The average Bonchev–Trinajstić information content (AvgIpc) is 3.32. The van der Waals surface area contributed by atoms with Crippen molar-refractivity contribution < 1.29 is 9.47 Å². The summed E-state index contributed by atoms with van der Waals surface area (Å²) in [5.41, 5.74) is 1.26. The molecule has 0 amide bonds. The van der Waals surface area contributed by atoms with Gasteiger partial charge in [0.2, 0.25) is 0 Å². The SMILES string of the molecule is CCCOc1cccc(CCNC(=NC)NCC(c2cccs2)N2CCOCC2)c1. The van der Waals surface area contributed by atoms with E-state index in [4.69, 9.17) is 9.47 Å². The van der Waals surface area contributed by atoms with E-state index >= 15 is 0 Å². The minimum Gasteiger partial charge on any atom is -0.494 e. The quantitative estimate of drug-likeness (QED) is 0.447. The van der Waals surface area contributed by atoms with Crippen molar-refractivity contribution in [2.75, 3.05) is 53.0 Å². The van der Waals surface area contributed by atoms with Gasteiger partial charge in [-0.1, -0.05) is 25.1 Å². The molecule has 1 atom stereocenters. The zero-order chi connectivity index (χ0) is 21.0. The number of hydrogen-bond donors (Lipinski definition) is 2. The smallest absolute Gasteiger partial charge is 0.191 e. The van der Waals surface area contributed by atoms with Gasteiger partial charge in [-0.3, -0.25) is 9.89 Å². The third-order valence-electron chi connectivity index (χ3n) is 5.12. The second kappa shape index (κ2) is 12.6. The van der Waals surface area contributed by atoms with Crippen molar-refractivity contribution in [1.29, 1.82) is 0 Å². The van der Waals surface area contributed by atoms with Crippen molar-refractivity contribution >= 4 is 17.3 Å². The Morgan fingerprint density at radius 1 is 1.23 bits per heavy atom. The van der Waals surface area contributed by atoms with Crippen molar-refractivity contribution in [2.45, 2.75) is 25.8 Å². The van der Waals surface area contributed by atoms with Crippen LogP contribution in [0, 0.1) is 0 Å². The van der Waals surface area contributed by atoms with Gasteiger partial charge in [-0.2, -0.15) is 0 Å². The fraction of sp³-hybridized carbons (Fsp3) is 0.522. The largest absolute Gasteiger partial charge is 0.494 e. The average molecular weight is 431 g/mol. The molecule has 0 spiro atoms. The lowest BCUT2D eigenvalue weighted by atomic mass is 10.1. The Morgan fingerprint density at radius 2 is 2.10 bits per heavy atom. The van der Waals surface area contributed by atoms with Crippen molar-refractivity contribution in [3.05, 3.63) is 52.2 Å². The molecule has 0 bridgehead atoms. The summed E-state index contributed by atoms with van der Waals surface area (Å²) >= 11 is 1.81. The van der Waals surface area contributed by atoms with Crippen LogP contribution in [0.4, 0.5) is 0 Å². The first-order chi connectivity index (χ1) is 14.8. The highest BCUT2D eigenvalue weighted by Gasteiger charge is 2.23. The third kappa shape index (κ3) is 7.00. The highest BCUT2D eigenvalue weighted by atomic mass is 32.1.